The average Bonchev–Trinajstić information content (AvgIpc) is 3.66. The van der Waals surface area contributed by atoms with Crippen molar-refractivity contribution < 1.29 is 4.11 Å². The Balaban J connectivity index is 1.25. The molecule has 372 valence electrons. The topological polar surface area (TPSA) is 6.48 Å². The molecule has 0 saturated carbocycles. The lowest BCUT2D eigenvalue weighted by molar-refractivity contribution is 0.331. The molecule has 0 spiro atoms. The van der Waals surface area contributed by atoms with E-state index in [4.69, 9.17) is 0 Å². The Labute approximate surface area is 444 Å². The third-order valence-electron chi connectivity index (χ3n) is 19.5. The highest BCUT2D eigenvalue weighted by Gasteiger charge is 2.50. The average molecular weight is 962 g/mol. The summed E-state index contributed by atoms with van der Waals surface area (Å²) in [7, 11) is 0. The number of anilines is 6. The summed E-state index contributed by atoms with van der Waals surface area (Å²) >= 11 is 0. The van der Waals surface area contributed by atoms with Gasteiger partial charge in [-0.2, -0.15) is 0 Å². The smallest absolute Gasteiger partial charge is 0.252 e. The number of rotatable bonds is 5. The van der Waals surface area contributed by atoms with E-state index in [0.717, 1.165) is 71.7 Å². The molecule has 0 fully saturated rings. The maximum Gasteiger partial charge on any atom is 0.252 e. The molecule has 0 saturated heterocycles. The van der Waals surface area contributed by atoms with Crippen LogP contribution in [0, 0.1) is 13.8 Å². The first kappa shape index (κ1) is 44.7. The predicted octanol–water partition coefficient (Wildman–Crippen LogP) is 17.0. The minimum absolute atomic E-state index is 0.0309. The van der Waals surface area contributed by atoms with E-state index in [1.54, 1.807) is 0 Å². The van der Waals surface area contributed by atoms with Crippen LogP contribution < -0.4 is 26.2 Å². The SMILES string of the molecule is [2H]C([2H])([2H])c1cc2c3c(c1)N(c1ccc(C(C)(C)c4ccccc4)cc1-c1ccccc1)c1cc4c(cc1B3c1cc3c(cc1N2c1cc2c(cc1C)C(C)(C)CCC2(C)C)C(C)(C)CCC3(C)C)C(C)(C)CC4(C)C. The van der Waals surface area contributed by atoms with Crippen molar-refractivity contribution in [1.29, 1.82) is 0 Å². The van der Waals surface area contributed by atoms with Gasteiger partial charge in [-0.3, -0.25) is 0 Å². The Bertz CT molecular complexity index is 3550. The summed E-state index contributed by atoms with van der Waals surface area (Å²) in [6.45, 7) is 33.6. The molecule has 73 heavy (non-hydrogen) atoms. The first-order valence-electron chi connectivity index (χ1n) is 29.0. The van der Waals surface area contributed by atoms with Crippen LogP contribution in [-0.2, 0) is 37.9 Å². The van der Waals surface area contributed by atoms with E-state index in [0.29, 0.717) is 5.56 Å². The summed E-state index contributed by atoms with van der Waals surface area (Å²) in [6, 6.07) is 48.3. The van der Waals surface area contributed by atoms with Crippen LogP contribution in [0.2, 0.25) is 0 Å². The van der Waals surface area contributed by atoms with Crippen LogP contribution in [0.5, 0.6) is 0 Å². The van der Waals surface area contributed by atoms with E-state index in [1.807, 2.05) is 0 Å². The van der Waals surface area contributed by atoms with E-state index in [-0.39, 0.29) is 44.6 Å². The molecule has 0 aromatic heterocycles. The van der Waals surface area contributed by atoms with E-state index in [2.05, 4.69) is 241 Å². The van der Waals surface area contributed by atoms with Crippen molar-refractivity contribution in [3.05, 3.63) is 183 Å². The van der Waals surface area contributed by atoms with Crippen molar-refractivity contribution in [3.8, 4) is 11.1 Å². The molecule has 2 aliphatic heterocycles. The molecule has 0 N–H and O–H groups in total. The van der Waals surface area contributed by atoms with Crippen molar-refractivity contribution in [3.63, 3.8) is 0 Å². The van der Waals surface area contributed by atoms with Gasteiger partial charge in [-0.25, -0.2) is 0 Å². The van der Waals surface area contributed by atoms with Crippen molar-refractivity contribution in [2.75, 3.05) is 9.80 Å². The van der Waals surface area contributed by atoms with Gasteiger partial charge >= 0.3 is 0 Å². The molecule has 7 aromatic carbocycles. The van der Waals surface area contributed by atoms with Gasteiger partial charge in [0, 0.05) is 43.5 Å². The molecular weight excluding hydrogens is 880 g/mol. The third kappa shape index (κ3) is 7.16. The third-order valence-corrected chi connectivity index (χ3v) is 19.5. The monoisotopic (exact) mass is 962 g/mol. The Morgan fingerprint density at radius 1 is 0.438 bits per heavy atom. The molecule has 0 radical (unpaired) electrons. The Hall–Kier alpha value is -5.80. The van der Waals surface area contributed by atoms with Crippen molar-refractivity contribution >= 4 is 57.2 Å². The fraction of sp³-hybridized carbons (Fsp3) is 0.400. The van der Waals surface area contributed by atoms with Crippen LogP contribution in [0.4, 0.5) is 34.1 Å². The zero-order valence-electron chi connectivity index (χ0n) is 49.6. The summed E-state index contributed by atoms with van der Waals surface area (Å²) in [6.07, 6.45) is 5.48. The molecule has 3 heteroatoms. The molecule has 12 rings (SSSR count). The molecule has 3 aliphatic carbocycles. The lowest BCUT2D eigenvalue weighted by Gasteiger charge is -2.48. The summed E-state index contributed by atoms with van der Waals surface area (Å²) < 4.78 is 28.2. The molecule has 2 nitrogen and oxygen atoms in total. The van der Waals surface area contributed by atoms with Crippen LogP contribution in [0.25, 0.3) is 11.1 Å². The van der Waals surface area contributed by atoms with Gasteiger partial charge in [0.25, 0.3) is 6.71 Å². The highest BCUT2D eigenvalue weighted by Crippen LogP contribution is 2.56. The van der Waals surface area contributed by atoms with E-state index < -0.39 is 6.85 Å². The fourth-order valence-electron chi connectivity index (χ4n) is 15.0. The van der Waals surface area contributed by atoms with Crippen LogP contribution in [-0.4, -0.2) is 6.71 Å². The van der Waals surface area contributed by atoms with Crippen molar-refractivity contribution in [2.45, 2.75) is 181 Å². The Kier molecular flexibility index (Phi) is 9.56. The summed E-state index contributed by atoms with van der Waals surface area (Å²) in [5, 5.41) is 0. The van der Waals surface area contributed by atoms with Crippen LogP contribution in [0.1, 0.15) is 189 Å². The van der Waals surface area contributed by atoms with E-state index >= 15 is 0 Å². The Morgan fingerprint density at radius 2 is 0.877 bits per heavy atom. The van der Waals surface area contributed by atoms with E-state index in [1.165, 1.54) is 72.1 Å². The van der Waals surface area contributed by atoms with Gasteiger partial charge in [0.2, 0.25) is 0 Å². The van der Waals surface area contributed by atoms with Crippen molar-refractivity contribution in [1.82, 2.24) is 0 Å². The molecule has 0 unspecified atom stereocenters. The molecule has 0 bridgehead atoms. The van der Waals surface area contributed by atoms with E-state index in [9.17, 15) is 4.11 Å². The zero-order chi connectivity index (χ0) is 54.2. The number of aryl methyl sites for hydroxylation is 2. The van der Waals surface area contributed by atoms with Gasteiger partial charge in [-0.1, -0.05) is 182 Å². The predicted molar refractivity (Wildman–Crippen MR) is 315 cm³/mol. The van der Waals surface area contributed by atoms with Gasteiger partial charge in [0.1, 0.15) is 0 Å². The highest BCUT2D eigenvalue weighted by atomic mass is 15.2. The second-order valence-corrected chi connectivity index (χ2v) is 27.7. The number of nitrogens with zero attached hydrogens (tertiary/aromatic N) is 2. The summed E-state index contributed by atoms with van der Waals surface area (Å²) in [4.78, 5) is 5.04. The quantitative estimate of drug-likeness (QED) is 0.159. The molecule has 2 heterocycles. The second-order valence-electron chi connectivity index (χ2n) is 27.7. The lowest BCUT2D eigenvalue weighted by Crippen LogP contribution is -2.62. The number of hydrogen-bond donors (Lipinski definition) is 0. The fourth-order valence-corrected chi connectivity index (χ4v) is 15.0. The zero-order valence-corrected chi connectivity index (χ0v) is 46.6. The summed E-state index contributed by atoms with van der Waals surface area (Å²) in [5.41, 5.74) is 24.3. The normalized spacial score (nSPS) is 20.6. The minimum Gasteiger partial charge on any atom is -0.311 e. The number of fused-ring (bicyclic) bond motifs is 7. The molecule has 5 aliphatic rings. The molecule has 0 atom stereocenters. The van der Waals surface area contributed by atoms with Crippen LogP contribution in [0.3, 0.4) is 0 Å². The molecule has 0 amide bonds. The first-order valence-corrected chi connectivity index (χ1v) is 27.5. The van der Waals surface area contributed by atoms with Crippen LogP contribution >= 0.6 is 0 Å². The van der Waals surface area contributed by atoms with Crippen LogP contribution in [0.15, 0.2) is 127 Å². The van der Waals surface area contributed by atoms with Gasteiger partial charge in [-0.15, -0.1) is 0 Å². The van der Waals surface area contributed by atoms with Crippen molar-refractivity contribution in [2.24, 2.45) is 0 Å². The minimum atomic E-state index is -2.40. The summed E-state index contributed by atoms with van der Waals surface area (Å²) in [5.74, 6) is 0. The molecule has 7 aromatic rings. The maximum atomic E-state index is 9.39. The standard InChI is InChI=1S/C70H79BN2/c1-43-33-61-63-62(34-43)73(58-39-52-49(35-44(58)2)64(3,4)29-31-66(52,7)8)60-40-53-50(65(5,6)30-32-67(53,9)10)37-55(60)71(63)56-38-51-54(69(13,14)42-68(51,11)12)41-59(56)72(61)57-28-27-47(36-48(57)45-23-19-17-20-24-45)70(15,16)46-25-21-18-22-26-46/h17-28,33-41H,29-32,42H2,1-16H3/i1D3. The largest absolute Gasteiger partial charge is 0.311 e. The first-order chi connectivity index (χ1) is 35.4. The lowest BCUT2D eigenvalue weighted by atomic mass is 9.32. The number of hydrogen-bond acceptors (Lipinski definition) is 2. The van der Waals surface area contributed by atoms with Gasteiger partial charge in [0.15, 0.2) is 0 Å². The molecular formula is C70H79BN2. The van der Waals surface area contributed by atoms with Gasteiger partial charge in [-0.05, 0) is 198 Å². The van der Waals surface area contributed by atoms with Gasteiger partial charge in [0.05, 0.1) is 5.69 Å². The Morgan fingerprint density at radius 3 is 1.40 bits per heavy atom. The second kappa shape index (κ2) is 15.6. The maximum absolute atomic E-state index is 9.39. The highest BCUT2D eigenvalue weighted by molar-refractivity contribution is 7.00. The number of benzene rings is 7. The van der Waals surface area contributed by atoms with Gasteiger partial charge < -0.3 is 9.80 Å².